The van der Waals surface area contributed by atoms with Gasteiger partial charge in [0.2, 0.25) is 11.8 Å². The zero-order valence-corrected chi connectivity index (χ0v) is 11.2. The molecule has 2 amide bonds. The minimum Gasteiger partial charge on any atom is -0.355 e. The first kappa shape index (κ1) is 15.9. The number of rotatable bonds is 7. The molecule has 0 aromatic rings. The van der Waals surface area contributed by atoms with E-state index in [0.29, 0.717) is 25.3 Å². The van der Waals surface area contributed by atoms with Crippen LogP contribution in [0.1, 0.15) is 40.5 Å². The highest BCUT2D eigenvalue weighted by molar-refractivity contribution is 5.89. The third-order valence-corrected chi connectivity index (χ3v) is 2.45. The first-order chi connectivity index (χ1) is 7.92. The van der Waals surface area contributed by atoms with E-state index >= 15 is 0 Å². The molecule has 0 heterocycles. The number of carbonyl (C=O) groups is 2. The Bertz CT molecular complexity index is 254. The van der Waals surface area contributed by atoms with Crippen molar-refractivity contribution in [1.29, 1.82) is 0 Å². The lowest BCUT2D eigenvalue weighted by atomic mass is 10.0. The van der Waals surface area contributed by atoms with Gasteiger partial charge in [0, 0.05) is 6.54 Å². The van der Waals surface area contributed by atoms with E-state index in [0.717, 1.165) is 0 Å². The number of hydrogen-bond donors (Lipinski definition) is 3. The number of nitrogens with one attached hydrogen (secondary N) is 2. The first-order valence-corrected chi connectivity index (χ1v) is 6.25. The average Bonchev–Trinajstić information content (AvgIpc) is 2.24. The van der Waals surface area contributed by atoms with Gasteiger partial charge >= 0.3 is 0 Å². The highest BCUT2D eigenvalue weighted by Gasteiger charge is 2.22. The lowest BCUT2D eigenvalue weighted by Gasteiger charge is -2.19. The van der Waals surface area contributed by atoms with Crippen LogP contribution < -0.4 is 16.4 Å². The summed E-state index contributed by atoms with van der Waals surface area (Å²) in [6.45, 7) is 8.27. The summed E-state index contributed by atoms with van der Waals surface area (Å²) in [4.78, 5) is 23.3. The topological polar surface area (TPSA) is 84.2 Å². The molecule has 0 spiro atoms. The van der Waals surface area contributed by atoms with Crippen molar-refractivity contribution in [2.75, 3.05) is 6.54 Å². The van der Waals surface area contributed by atoms with Gasteiger partial charge in [-0.3, -0.25) is 9.59 Å². The summed E-state index contributed by atoms with van der Waals surface area (Å²) in [6, 6.07) is -1.03. The van der Waals surface area contributed by atoms with Gasteiger partial charge in [0.1, 0.15) is 6.04 Å². The van der Waals surface area contributed by atoms with Gasteiger partial charge in [-0.2, -0.15) is 0 Å². The highest BCUT2D eigenvalue weighted by atomic mass is 16.2. The number of likely N-dealkylation sites (N-methyl/N-ethyl adjacent to an activating group) is 1. The molecule has 4 N–H and O–H groups in total. The number of nitrogens with two attached hydrogens (primary N) is 1. The molecule has 0 rings (SSSR count). The quantitative estimate of drug-likeness (QED) is 0.605. The lowest BCUT2D eigenvalue weighted by molar-refractivity contribution is -0.129. The maximum absolute atomic E-state index is 11.7. The molecule has 0 aromatic heterocycles. The van der Waals surface area contributed by atoms with Gasteiger partial charge in [-0.15, -0.1) is 0 Å². The fraction of sp³-hybridized carbons (Fsp3) is 0.833. The molecule has 0 saturated carbocycles. The van der Waals surface area contributed by atoms with Crippen LogP contribution in [-0.4, -0.2) is 30.4 Å². The van der Waals surface area contributed by atoms with E-state index in [9.17, 15) is 9.59 Å². The number of hydrogen-bond acceptors (Lipinski definition) is 3. The van der Waals surface area contributed by atoms with Crippen LogP contribution in [0.15, 0.2) is 0 Å². The van der Waals surface area contributed by atoms with Crippen molar-refractivity contribution in [2.24, 2.45) is 11.7 Å². The van der Waals surface area contributed by atoms with Crippen molar-refractivity contribution in [3.05, 3.63) is 0 Å². The molecule has 0 fully saturated rings. The number of amides is 2. The minimum atomic E-state index is -0.543. The molecule has 0 bridgehead atoms. The van der Waals surface area contributed by atoms with E-state index in [1.807, 2.05) is 27.7 Å². The smallest absolute Gasteiger partial charge is 0.242 e. The van der Waals surface area contributed by atoms with Crippen molar-refractivity contribution in [1.82, 2.24) is 10.6 Å². The second-order valence-corrected chi connectivity index (χ2v) is 4.60. The van der Waals surface area contributed by atoms with Gasteiger partial charge in [0.25, 0.3) is 0 Å². The van der Waals surface area contributed by atoms with Gasteiger partial charge in [-0.05, 0) is 25.7 Å². The monoisotopic (exact) mass is 243 g/mol. The van der Waals surface area contributed by atoms with E-state index in [1.165, 1.54) is 0 Å². The van der Waals surface area contributed by atoms with Crippen LogP contribution in [0.3, 0.4) is 0 Å². The molecule has 0 aliphatic rings. The summed E-state index contributed by atoms with van der Waals surface area (Å²) in [5.74, 6) is -0.0443. The second-order valence-electron chi connectivity index (χ2n) is 4.60. The van der Waals surface area contributed by atoms with E-state index in [4.69, 9.17) is 5.73 Å². The molecule has 0 aliphatic carbocycles. The van der Waals surface area contributed by atoms with Crippen molar-refractivity contribution in [3.63, 3.8) is 0 Å². The van der Waals surface area contributed by atoms with E-state index in [1.54, 1.807) is 0 Å². The van der Waals surface area contributed by atoms with Crippen LogP contribution >= 0.6 is 0 Å². The standard InChI is InChI=1S/C12H25N3O2/c1-5-10(12(17)14-6-2)15-11(16)9(13)7-8(3)4/h8-10H,5-7,13H2,1-4H3,(H,14,17)(H,15,16)/t9-,10?/m0/s1. The SMILES string of the molecule is CCNC(=O)C(CC)NC(=O)[C@@H](N)CC(C)C. The van der Waals surface area contributed by atoms with E-state index in [2.05, 4.69) is 10.6 Å². The summed E-state index contributed by atoms with van der Waals surface area (Å²) in [7, 11) is 0. The molecular formula is C12H25N3O2. The van der Waals surface area contributed by atoms with Crippen LogP contribution in [0, 0.1) is 5.92 Å². The Balaban J connectivity index is 4.27. The largest absolute Gasteiger partial charge is 0.355 e. The molecule has 0 aromatic carbocycles. The summed E-state index contributed by atoms with van der Waals surface area (Å²) in [5, 5.41) is 5.37. The van der Waals surface area contributed by atoms with Gasteiger partial charge in [-0.25, -0.2) is 0 Å². The molecule has 0 saturated heterocycles. The van der Waals surface area contributed by atoms with E-state index in [-0.39, 0.29) is 11.8 Å². The maximum Gasteiger partial charge on any atom is 0.242 e. The van der Waals surface area contributed by atoms with Crippen molar-refractivity contribution in [2.45, 2.75) is 52.6 Å². The Labute approximate surface area is 104 Å². The molecular weight excluding hydrogens is 218 g/mol. The van der Waals surface area contributed by atoms with Crippen molar-refractivity contribution in [3.8, 4) is 0 Å². The molecule has 0 aliphatic heterocycles. The number of carbonyl (C=O) groups excluding carboxylic acids is 2. The maximum atomic E-state index is 11.7. The predicted molar refractivity (Wildman–Crippen MR) is 68.3 cm³/mol. The summed E-state index contributed by atoms with van der Waals surface area (Å²) < 4.78 is 0. The van der Waals surface area contributed by atoms with Crippen LogP contribution in [0.2, 0.25) is 0 Å². The summed E-state index contributed by atoms with van der Waals surface area (Å²) >= 11 is 0. The summed E-state index contributed by atoms with van der Waals surface area (Å²) in [6.07, 6.45) is 1.18. The van der Waals surface area contributed by atoms with Gasteiger partial charge < -0.3 is 16.4 Å². The Morgan fingerprint density at radius 1 is 1.18 bits per heavy atom. The lowest BCUT2D eigenvalue weighted by Crippen LogP contribution is -2.51. The molecule has 2 atom stereocenters. The first-order valence-electron chi connectivity index (χ1n) is 6.25. The zero-order chi connectivity index (χ0) is 13.4. The highest BCUT2D eigenvalue weighted by Crippen LogP contribution is 2.03. The average molecular weight is 243 g/mol. The fourth-order valence-electron chi connectivity index (χ4n) is 1.54. The molecule has 1 unspecified atom stereocenters. The molecule has 100 valence electrons. The Morgan fingerprint density at radius 3 is 2.18 bits per heavy atom. The molecule has 0 radical (unpaired) electrons. The molecule has 5 heteroatoms. The van der Waals surface area contributed by atoms with Gasteiger partial charge in [-0.1, -0.05) is 20.8 Å². The summed E-state index contributed by atoms with van der Waals surface area (Å²) in [5.41, 5.74) is 5.75. The van der Waals surface area contributed by atoms with Crippen LogP contribution in [0.25, 0.3) is 0 Å². The Hall–Kier alpha value is -1.10. The van der Waals surface area contributed by atoms with E-state index < -0.39 is 12.1 Å². The van der Waals surface area contributed by atoms with Crippen molar-refractivity contribution < 1.29 is 9.59 Å². The van der Waals surface area contributed by atoms with Crippen molar-refractivity contribution >= 4 is 11.8 Å². The molecule has 5 nitrogen and oxygen atoms in total. The van der Waals surface area contributed by atoms with Gasteiger partial charge in [0.05, 0.1) is 6.04 Å². The molecule has 17 heavy (non-hydrogen) atoms. The second kappa shape index (κ2) is 8.06. The Kier molecular flexibility index (Phi) is 7.54. The Morgan fingerprint density at radius 2 is 1.76 bits per heavy atom. The zero-order valence-electron chi connectivity index (χ0n) is 11.2. The van der Waals surface area contributed by atoms with Crippen LogP contribution in [0.5, 0.6) is 0 Å². The normalized spacial score (nSPS) is 14.2. The van der Waals surface area contributed by atoms with Gasteiger partial charge in [0.15, 0.2) is 0 Å². The third-order valence-electron chi connectivity index (χ3n) is 2.45. The van der Waals surface area contributed by atoms with Crippen LogP contribution in [-0.2, 0) is 9.59 Å². The minimum absolute atomic E-state index is 0.153. The van der Waals surface area contributed by atoms with Crippen LogP contribution in [0.4, 0.5) is 0 Å². The predicted octanol–water partition coefficient (Wildman–Crippen LogP) is 0.391. The third kappa shape index (κ3) is 6.26. The fourth-order valence-corrected chi connectivity index (χ4v) is 1.54.